The summed E-state index contributed by atoms with van der Waals surface area (Å²) in [5, 5.41) is 2.17. The molecule has 0 aromatic heterocycles. The maximum Gasteiger partial charge on any atom is 0.339 e. The van der Waals surface area contributed by atoms with Gasteiger partial charge in [-0.1, -0.05) is 41.9 Å². The normalized spacial score (nSPS) is 14.1. The van der Waals surface area contributed by atoms with Crippen molar-refractivity contribution in [3.63, 3.8) is 0 Å². The number of carbonyl (C=O) groups is 4. The van der Waals surface area contributed by atoms with Crippen LogP contribution in [-0.4, -0.2) is 41.6 Å². The predicted octanol–water partition coefficient (Wildman–Crippen LogP) is 6.59. The highest BCUT2D eigenvalue weighted by atomic mass is 127. The van der Waals surface area contributed by atoms with E-state index in [-0.39, 0.29) is 21.2 Å². The van der Waals surface area contributed by atoms with Gasteiger partial charge in [-0.15, -0.1) is 0 Å². The van der Waals surface area contributed by atoms with Crippen molar-refractivity contribution in [1.82, 2.24) is 4.90 Å². The lowest BCUT2D eigenvalue weighted by Gasteiger charge is -2.14. The van der Waals surface area contributed by atoms with E-state index in [9.17, 15) is 19.2 Å². The minimum absolute atomic E-state index is 0.0727. The summed E-state index contributed by atoms with van der Waals surface area (Å²) in [4.78, 5) is 51.3. The van der Waals surface area contributed by atoms with Crippen molar-refractivity contribution >= 4 is 103 Å². The van der Waals surface area contributed by atoms with E-state index in [1.165, 1.54) is 25.3 Å². The van der Waals surface area contributed by atoms with Gasteiger partial charge in [0, 0.05) is 14.8 Å². The molecule has 0 bridgehead atoms. The third-order valence-corrected chi connectivity index (χ3v) is 8.04. The minimum atomic E-state index is -0.662. The molecule has 3 aromatic rings. The number of hydrogen-bond donors (Lipinski definition) is 1. The molecule has 1 fully saturated rings. The number of anilines is 1. The number of rotatable bonds is 8. The van der Waals surface area contributed by atoms with Crippen LogP contribution in [0, 0.1) is 7.14 Å². The average molecular weight is 789 g/mol. The van der Waals surface area contributed by atoms with E-state index in [2.05, 4.69) is 55.2 Å². The van der Waals surface area contributed by atoms with Crippen LogP contribution >= 0.6 is 68.5 Å². The van der Waals surface area contributed by atoms with Crippen LogP contribution in [0.5, 0.6) is 5.75 Å². The van der Waals surface area contributed by atoms with Crippen LogP contribution in [-0.2, 0) is 20.9 Å². The fraction of sp³-hybridized carbons (Fsp3) is 0.111. The molecule has 0 aliphatic carbocycles. The second kappa shape index (κ2) is 13.2. The van der Waals surface area contributed by atoms with E-state index in [0.29, 0.717) is 17.9 Å². The van der Waals surface area contributed by atoms with Gasteiger partial charge in [0.25, 0.3) is 11.1 Å². The number of benzene rings is 3. The summed E-state index contributed by atoms with van der Waals surface area (Å²) in [5.41, 5.74) is 1.97. The molecule has 0 unspecified atom stereocenters. The Labute approximate surface area is 260 Å². The molecular weight excluding hydrogens is 770 g/mol. The zero-order chi connectivity index (χ0) is 28.1. The van der Waals surface area contributed by atoms with Crippen molar-refractivity contribution in [3.8, 4) is 5.75 Å². The Balaban J connectivity index is 1.50. The third-order valence-electron chi connectivity index (χ3n) is 5.38. The monoisotopic (exact) mass is 788 g/mol. The van der Waals surface area contributed by atoms with Crippen LogP contribution in [0.1, 0.15) is 21.5 Å². The molecule has 1 heterocycles. The Bertz CT molecular complexity index is 1500. The number of nitrogens with one attached hydrogen (secondary N) is 1. The Kier molecular flexibility index (Phi) is 9.91. The summed E-state index contributed by atoms with van der Waals surface area (Å²) < 4.78 is 12.6. The van der Waals surface area contributed by atoms with Gasteiger partial charge in [0.05, 0.1) is 26.2 Å². The number of amides is 3. The zero-order valence-electron chi connectivity index (χ0n) is 20.2. The van der Waals surface area contributed by atoms with Gasteiger partial charge in [0.15, 0.2) is 0 Å². The second-order valence-electron chi connectivity index (χ2n) is 8.08. The Hall–Kier alpha value is -2.62. The largest absolute Gasteiger partial charge is 0.487 e. The van der Waals surface area contributed by atoms with Gasteiger partial charge in [0.1, 0.15) is 18.9 Å². The Morgan fingerprint density at radius 2 is 1.82 bits per heavy atom. The van der Waals surface area contributed by atoms with E-state index >= 15 is 0 Å². The maximum absolute atomic E-state index is 13.1. The Morgan fingerprint density at radius 1 is 1.08 bits per heavy atom. The van der Waals surface area contributed by atoms with Gasteiger partial charge in [0.2, 0.25) is 5.91 Å². The molecule has 8 nitrogen and oxygen atoms in total. The number of methoxy groups -OCH3 is 1. The number of hydrogen-bond acceptors (Lipinski definition) is 7. The van der Waals surface area contributed by atoms with E-state index < -0.39 is 29.6 Å². The predicted molar refractivity (Wildman–Crippen MR) is 167 cm³/mol. The highest BCUT2D eigenvalue weighted by Crippen LogP contribution is 2.36. The molecule has 200 valence electrons. The summed E-state index contributed by atoms with van der Waals surface area (Å²) >= 11 is 11.1. The Morgan fingerprint density at radius 3 is 2.54 bits per heavy atom. The molecule has 12 heteroatoms. The van der Waals surface area contributed by atoms with E-state index in [1.54, 1.807) is 6.08 Å². The standard InChI is InChI=1S/C27H19ClI2N2O6S/c1-37-26(35)19-12-18(7-8-20(19)28)31-23(33)13-32-25(34)22(39-27(32)36)10-16-9-17(29)11-21(30)24(16)38-14-15-5-3-2-4-6-15/h2-12H,13-14H2,1H3,(H,31,33)/b22-10+. The summed E-state index contributed by atoms with van der Waals surface area (Å²) in [6.45, 7) is -0.165. The van der Waals surface area contributed by atoms with E-state index in [4.69, 9.17) is 16.3 Å². The number of carbonyl (C=O) groups excluding carboxylic acids is 4. The lowest BCUT2D eigenvalue weighted by atomic mass is 10.1. The lowest BCUT2D eigenvalue weighted by Crippen LogP contribution is -2.36. The first kappa shape index (κ1) is 29.4. The van der Waals surface area contributed by atoms with E-state index in [1.807, 2.05) is 42.5 Å². The van der Waals surface area contributed by atoms with Crippen molar-refractivity contribution in [2.45, 2.75) is 6.61 Å². The van der Waals surface area contributed by atoms with E-state index in [0.717, 1.165) is 29.4 Å². The molecule has 0 spiro atoms. The van der Waals surface area contributed by atoms with Gasteiger partial charge < -0.3 is 14.8 Å². The molecule has 0 atom stereocenters. The first-order chi connectivity index (χ1) is 18.7. The van der Waals surface area contributed by atoms with Crippen molar-refractivity contribution in [3.05, 3.63) is 94.4 Å². The fourth-order valence-electron chi connectivity index (χ4n) is 3.56. The van der Waals surface area contributed by atoms with Crippen molar-refractivity contribution in [1.29, 1.82) is 0 Å². The molecule has 1 N–H and O–H groups in total. The fourth-order valence-corrected chi connectivity index (χ4v) is 6.63. The number of ether oxygens (including phenoxy) is 2. The summed E-state index contributed by atoms with van der Waals surface area (Å²) in [7, 11) is 1.22. The number of imide groups is 1. The molecule has 3 aromatic carbocycles. The molecule has 0 saturated carbocycles. The SMILES string of the molecule is COC(=O)c1cc(NC(=O)CN2C(=O)S/C(=C/c3cc(I)cc(I)c3OCc3ccccc3)C2=O)ccc1Cl. The quantitative estimate of drug-likeness (QED) is 0.156. The summed E-state index contributed by atoms with van der Waals surface area (Å²) in [6, 6.07) is 17.8. The van der Waals surface area contributed by atoms with Crippen LogP contribution in [0.2, 0.25) is 5.02 Å². The molecule has 4 rings (SSSR count). The van der Waals surface area contributed by atoms with Crippen LogP contribution in [0.4, 0.5) is 10.5 Å². The number of thioether (sulfide) groups is 1. The van der Waals surface area contributed by atoms with Crippen LogP contribution in [0.25, 0.3) is 6.08 Å². The number of esters is 1. The smallest absolute Gasteiger partial charge is 0.339 e. The topological polar surface area (TPSA) is 102 Å². The van der Waals surface area contributed by atoms with Crippen LogP contribution in [0.15, 0.2) is 65.6 Å². The van der Waals surface area contributed by atoms with Crippen molar-refractivity contribution in [2.75, 3.05) is 19.0 Å². The molecule has 1 saturated heterocycles. The van der Waals surface area contributed by atoms with Crippen molar-refractivity contribution in [2.24, 2.45) is 0 Å². The third kappa shape index (κ3) is 7.32. The molecule has 1 aliphatic heterocycles. The van der Waals surface area contributed by atoms with Crippen LogP contribution < -0.4 is 10.1 Å². The molecule has 3 amide bonds. The van der Waals surface area contributed by atoms with Gasteiger partial charge in [-0.3, -0.25) is 19.3 Å². The van der Waals surface area contributed by atoms with Gasteiger partial charge in [-0.2, -0.15) is 0 Å². The van der Waals surface area contributed by atoms with Gasteiger partial charge >= 0.3 is 5.97 Å². The first-order valence-corrected chi connectivity index (χ1v) is 14.6. The highest BCUT2D eigenvalue weighted by molar-refractivity contribution is 14.1. The number of halogens is 3. The van der Waals surface area contributed by atoms with Crippen molar-refractivity contribution < 1.29 is 28.7 Å². The maximum atomic E-state index is 13.1. The molecule has 39 heavy (non-hydrogen) atoms. The lowest BCUT2D eigenvalue weighted by molar-refractivity contribution is -0.127. The zero-order valence-corrected chi connectivity index (χ0v) is 26.1. The summed E-state index contributed by atoms with van der Waals surface area (Å²) in [5.74, 6) is -1.28. The molecule has 0 radical (unpaired) electrons. The summed E-state index contributed by atoms with van der Waals surface area (Å²) in [6.07, 6.45) is 1.61. The molecule has 1 aliphatic rings. The van der Waals surface area contributed by atoms with Gasteiger partial charge in [-0.05, 0) is 98.9 Å². The molecular formula is C27H19ClI2N2O6S. The minimum Gasteiger partial charge on any atom is -0.487 e. The highest BCUT2D eigenvalue weighted by Gasteiger charge is 2.36. The van der Waals surface area contributed by atoms with Crippen LogP contribution in [0.3, 0.4) is 0 Å². The average Bonchev–Trinajstić information content (AvgIpc) is 3.16. The first-order valence-electron chi connectivity index (χ1n) is 11.2. The number of nitrogens with zero attached hydrogens (tertiary/aromatic N) is 1. The second-order valence-corrected chi connectivity index (χ2v) is 11.9. The van der Waals surface area contributed by atoms with Gasteiger partial charge in [-0.25, -0.2) is 4.79 Å².